The fourth-order valence-electron chi connectivity index (χ4n) is 3.08. The number of nitrogens with one attached hydrogen (secondary N) is 1. The zero-order valence-corrected chi connectivity index (χ0v) is 15.3. The number of carbonyl (C=O) groups is 1. The molecule has 0 bridgehead atoms. The molecule has 148 valence electrons. The van der Waals surface area contributed by atoms with Gasteiger partial charge >= 0.3 is 0 Å². The average molecular weight is 381 g/mol. The van der Waals surface area contributed by atoms with Crippen LogP contribution in [0.2, 0.25) is 0 Å². The quantitative estimate of drug-likeness (QED) is 0.718. The van der Waals surface area contributed by atoms with E-state index in [4.69, 9.17) is 10.5 Å². The number of ether oxygens (including phenoxy) is 1. The van der Waals surface area contributed by atoms with Gasteiger partial charge in [0.1, 0.15) is 0 Å². The van der Waals surface area contributed by atoms with Crippen LogP contribution in [0, 0.1) is 0 Å². The van der Waals surface area contributed by atoms with Gasteiger partial charge in [0.2, 0.25) is 0 Å². The monoisotopic (exact) mass is 381 g/mol. The molecule has 0 atom stereocenters. The van der Waals surface area contributed by atoms with Crippen LogP contribution in [0.4, 0.5) is 17.2 Å². The Bertz CT molecular complexity index is 969. The molecule has 1 saturated heterocycles. The molecule has 0 spiro atoms. The topological polar surface area (TPSA) is 93.4 Å². The van der Waals surface area contributed by atoms with Gasteiger partial charge in [-0.05, 0) is 24.3 Å². The second kappa shape index (κ2) is 8.06. The molecule has 3 N–H and O–H groups in total. The first-order valence-corrected chi connectivity index (χ1v) is 9.13. The number of para-hydroxylation sites is 1. The van der Waals surface area contributed by atoms with Gasteiger partial charge in [-0.2, -0.15) is 0 Å². The molecule has 2 aromatic carbocycles. The highest BCUT2D eigenvalue weighted by molar-refractivity contribution is 6.05. The smallest absolute Gasteiger partial charge is 0.278 e. The molecule has 7 nitrogen and oxygen atoms in total. The normalized spacial score (nSPS) is 13.9. The lowest BCUT2D eigenvalue weighted by atomic mass is 10.1. The minimum Gasteiger partial charge on any atom is -0.382 e. The van der Waals surface area contributed by atoms with Crippen LogP contribution in [0.1, 0.15) is 14.8 Å². The van der Waals surface area contributed by atoms with Gasteiger partial charge in [0.15, 0.2) is 11.5 Å². The molecule has 1 aliphatic heterocycles. The van der Waals surface area contributed by atoms with Crippen molar-refractivity contribution in [3.8, 4) is 11.3 Å². The maximum absolute atomic E-state index is 12.6. The molecule has 1 aliphatic rings. The van der Waals surface area contributed by atoms with Gasteiger partial charge in [-0.25, -0.2) is 9.97 Å². The van der Waals surface area contributed by atoms with E-state index in [0.29, 0.717) is 11.4 Å². The van der Waals surface area contributed by atoms with Crippen LogP contribution in [-0.4, -0.2) is 42.2 Å². The van der Waals surface area contributed by atoms with Gasteiger partial charge in [0.05, 0.1) is 25.1 Å². The van der Waals surface area contributed by atoms with Crippen LogP contribution >= 0.6 is 0 Å². The molecule has 1 fully saturated rings. The van der Waals surface area contributed by atoms with E-state index in [9.17, 15) is 4.79 Å². The lowest BCUT2D eigenvalue weighted by Gasteiger charge is -2.28. The maximum atomic E-state index is 12.6. The standard InChI is InChI=1S/C21H21N5O2.3H2/c22-20-19(21(27)24-16-4-2-1-3-5-16)25-18(14-23-20)15-6-8-17(9-7-15)26-10-12-28-13-11-26;;;/h1-9,14H,10-13H2,(H2,22,23)(H,24,27);3*1H. The SMILES string of the molecule is Nc1ncc(-c2ccc(N3CCOCC3)cc2)nc1C(=O)Nc1ccccc1.[HH].[HH].[HH]. The predicted molar refractivity (Wildman–Crippen MR) is 116 cm³/mol. The highest BCUT2D eigenvalue weighted by Crippen LogP contribution is 2.23. The van der Waals surface area contributed by atoms with Crippen molar-refractivity contribution < 1.29 is 13.8 Å². The van der Waals surface area contributed by atoms with Crippen molar-refractivity contribution in [1.82, 2.24) is 9.97 Å². The van der Waals surface area contributed by atoms with E-state index in [-0.39, 0.29) is 21.7 Å². The average Bonchev–Trinajstić information content (AvgIpc) is 2.75. The number of hydrogen-bond acceptors (Lipinski definition) is 6. The molecule has 0 unspecified atom stereocenters. The number of benzene rings is 2. The number of aromatic nitrogens is 2. The molecule has 0 saturated carbocycles. The third-order valence-electron chi connectivity index (χ3n) is 4.59. The molecule has 1 amide bonds. The van der Waals surface area contributed by atoms with Crippen LogP contribution in [0.15, 0.2) is 60.8 Å². The lowest BCUT2D eigenvalue weighted by molar-refractivity contribution is 0.102. The maximum Gasteiger partial charge on any atom is 0.278 e. The van der Waals surface area contributed by atoms with Gasteiger partial charge in [0, 0.05) is 34.3 Å². The van der Waals surface area contributed by atoms with E-state index < -0.39 is 0 Å². The molecular weight excluding hydrogens is 354 g/mol. The molecule has 28 heavy (non-hydrogen) atoms. The summed E-state index contributed by atoms with van der Waals surface area (Å²) >= 11 is 0. The second-order valence-corrected chi connectivity index (χ2v) is 6.46. The molecule has 0 radical (unpaired) electrons. The third-order valence-corrected chi connectivity index (χ3v) is 4.59. The Morgan fingerprint density at radius 3 is 2.50 bits per heavy atom. The van der Waals surface area contributed by atoms with Crippen LogP contribution in [0.3, 0.4) is 0 Å². The minimum absolute atomic E-state index is 0. The van der Waals surface area contributed by atoms with Crippen LogP contribution in [-0.2, 0) is 4.74 Å². The molecule has 0 aliphatic carbocycles. The van der Waals surface area contributed by atoms with Crippen molar-refractivity contribution in [3.05, 3.63) is 66.5 Å². The van der Waals surface area contributed by atoms with E-state index in [1.165, 1.54) is 0 Å². The number of rotatable bonds is 4. The summed E-state index contributed by atoms with van der Waals surface area (Å²) in [6, 6.07) is 17.2. The van der Waals surface area contributed by atoms with Crippen molar-refractivity contribution >= 4 is 23.1 Å². The minimum atomic E-state index is -0.386. The van der Waals surface area contributed by atoms with Gasteiger partial charge in [-0.15, -0.1) is 0 Å². The first-order valence-electron chi connectivity index (χ1n) is 9.13. The van der Waals surface area contributed by atoms with E-state index in [1.807, 2.05) is 42.5 Å². The van der Waals surface area contributed by atoms with Crippen molar-refractivity contribution in [3.63, 3.8) is 0 Å². The fraction of sp³-hybridized carbons (Fsp3) is 0.190. The second-order valence-electron chi connectivity index (χ2n) is 6.46. The highest BCUT2D eigenvalue weighted by Gasteiger charge is 2.16. The number of anilines is 3. The van der Waals surface area contributed by atoms with Crippen molar-refractivity contribution in [2.45, 2.75) is 0 Å². The number of carbonyl (C=O) groups excluding carboxylic acids is 1. The Morgan fingerprint density at radius 2 is 1.79 bits per heavy atom. The molecule has 3 aromatic rings. The highest BCUT2D eigenvalue weighted by atomic mass is 16.5. The Hall–Kier alpha value is -3.45. The molecule has 4 rings (SSSR count). The van der Waals surface area contributed by atoms with E-state index in [0.717, 1.165) is 37.6 Å². The Balaban J connectivity index is 0.00000160. The molecular formula is C21H27N5O2. The number of nitrogen functional groups attached to an aromatic ring is 1. The third kappa shape index (κ3) is 3.94. The zero-order chi connectivity index (χ0) is 19.3. The summed E-state index contributed by atoms with van der Waals surface area (Å²) in [6.07, 6.45) is 1.58. The van der Waals surface area contributed by atoms with Crippen molar-refractivity contribution in [2.75, 3.05) is 42.3 Å². The van der Waals surface area contributed by atoms with Crippen LogP contribution < -0.4 is 16.0 Å². The number of nitrogens with zero attached hydrogens (tertiary/aromatic N) is 3. The van der Waals surface area contributed by atoms with Crippen LogP contribution in [0.25, 0.3) is 11.3 Å². The number of nitrogens with two attached hydrogens (primary N) is 1. The summed E-state index contributed by atoms with van der Waals surface area (Å²) in [6.45, 7) is 3.24. The first kappa shape index (κ1) is 17.9. The molecule has 7 heteroatoms. The summed E-state index contributed by atoms with van der Waals surface area (Å²) in [5.74, 6) is -0.287. The van der Waals surface area contributed by atoms with Crippen LogP contribution in [0.5, 0.6) is 0 Å². The van der Waals surface area contributed by atoms with E-state index in [1.54, 1.807) is 18.3 Å². The van der Waals surface area contributed by atoms with Crippen molar-refractivity contribution in [2.24, 2.45) is 0 Å². The zero-order valence-electron chi connectivity index (χ0n) is 15.3. The fourth-order valence-corrected chi connectivity index (χ4v) is 3.08. The van der Waals surface area contributed by atoms with Crippen molar-refractivity contribution in [1.29, 1.82) is 0 Å². The first-order chi connectivity index (χ1) is 13.7. The summed E-state index contributed by atoms with van der Waals surface area (Å²) in [5.41, 5.74) is 9.28. The Kier molecular flexibility index (Phi) is 5.16. The Labute approximate surface area is 167 Å². The van der Waals surface area contributed by atoms with Gasteiger partial charge in [-0.1, -0.05) is 30.3 Å². The molecule has 1 aromatic heterocycles. The van der Waals surface area contributed by atoms with Gasteiger partial charge in [-0.3, -0.25) is 4.79 Å². The van der Waals surface area contributed by atoms with Gasteiger partial charge in [0.25, 0.3) is 5.91 Å². The summed E-state index contributed by atoms with van der Waals surface area (Å²) in [7, 11) is 0. The lowest BCUT2D eigenvalue weighted by Crippen LogP contribution is -2.36. The summed E-state index contributed by atoms with van der Waals surface area (Å²) in [5, 5.41) is 2.79. The summed E-state index contributed by atoms with van der Waals surface area (Å²) < 4.78 is 5.39. The van der Waals surface area contributed by atoms with E-state index >= 15 is 0 Å². The largest absolute Gasteiger partial charge is 0.382 e. The van der Waals surface area contributed by atoms with Gasteiger partial charge < -0.3 is 20.7 Å². The number of amides is 1. The Morgan fingerprint density at radius 1 is 1.07 bits per heavy atom. The number of morpholine rings is 1. The number of hydrogen-bond donors (Lipinski definition) is 2. The van der Waals surface area contributed by atoms with E-state index in [2.05, 4.69) is 20.2 Å². The summed E-state index contributed by atoms with van der Waals surface area (Å²) in [4.78, 5) is 23.5. The predicted octanol–water partition coefficient (Wildman–Crippen LogP) is 3.55. The molecule has 2 heterocycles.